The lowest BCUT2D eigenvalue weighted by molar-refractivity contribution is -0.0366. The number of benzene rings is 2. The minimum atomic E-state index is -2.76. The lowest BCUT2D eigenvalue weighted by atomic mass is 9.88. The Morgan fingerprint density at radius 1 is 1.09 bits per heavy atom. The van der Waals surface area contributed by atoms with Gasteiger partial charge in [-0.1, -0.05) is 41.9 Å². The van der Waals surface area contributed by atoms with Gasteiger partial charge in [-0.25, -0.2) is 13.2 Å². The highest BCUT2D eigenvalue weighted by atomic mass is 35.5. The van der Waals surface area contributed by atoms with Gasteiger partial charge in [0.2, 0.25) is 5.92 Å². The Bertz CT molecular complexity index is 1750. The molecule has 8 rings (SSSR count). The number of aromatic nitrogens is 3. The predicted octanol–water partition coefficient (Wildman–Crippen LogP) is 6.47. The van der Waals surface area contributed by atoms with Gasteiger partial charge in [-0.15, -0.1) is 0 Å². The van der Waals surface area contributed by atoms with Gasteiger partial charge in [0.15, 0.2) is 5.82 Å². The molecule has 1 N–H and O–H groups in total. The van der Waals surface area contributed by atoms with Crippen LogP contribution in [0.2, 0.25) is 5.02 Å². The Morgan fingerprint density at radius 2 is 1.86 bits per heavy atom. The number of nitrogens with one attached hydrogen (secondary N) is 1. The minimum absolute atomic E-state index is 0.0540. The van der Waals surface area contributed by atoms with Gasteiger partial charge in [0.1, 0.15) is 23.6 Å². The van der Waals surface area contributed by atoms with Crippen LogP contribution < -0.4 is 15.0 Å². The molecule has 4 fully saturated rings. The summed E-state index contributed by atoms with van der Waals surface area (Å²) in [4.78, 5) is 18.4. The molecule has 0 amide bonds. The second-order valence-corrected chi connectivity index (χ2v) is 13.5. The topological polar surface area (TPSA) is 66.4 Å². The molecule has 2 aromatic heterocycles. The van der Waals surface area contributed by atoms with Crippen LogP contribution in [-0.2, 0) is 0 Å². The van der Waals surface area contributed by atoms with Crippen LogP contribution in [0.4, 0.5) is 19.0 Å². The molecule has 4 aromatic rings. The summed E-state index contributed by atoms with van der Waals surface area (Å²) in [5.41, 5.74) is 0.346. The fourth-order valence-corrected chi connectivity index (χ4v) is 8.32. The molecule has 230 valence electrons. The summed E-state index contributed by atoms with van der Waals surface area (Å²) in [5.74, 6) is -3.48. The van der Waals surface area contributed by atoms with Gasteiger partial charge in [-0.05, 0) is 57.0 Å². The van der Waals surface area contributed by atoms with E-state index in [4.69, 9.17) is 21.3 Å². The Labute approximate surface area is 258 Å². The van der Waals surface area contributed by atoms with Crippen molar-refractivity contribution in [2.75, 3.05) is 37.7 Å². The molecule has 6 heterocycles. The number of piperazine rings is 1. The van der Waals surface area contributed by atoms with Gasteiger partial charge in [-0.2, -0.15) is 9.97 Å². The Kier molecular flexibility index (Phi) is 6.70. The molecule has 4 aliphatic rings. The summed E-state index contributed by atoms with van der Waals surface area (Å²) in [5, 5.41) is 6.26. The highest BCUT2D eigenvalue weighted by Gasteiger charge is 2.54. The van der Waals surface area contributed by atoms with Crippen LogP contribution in [0.3, 0.4) is 0 Å². The first kappa shape index (κ1) is 28.3. The van der Waals surface area contributed by atoms with Gasteiger partial charge in [-0.3, -0.25) is 9.88 Å². The molecule has 0 aliphatic carbocycles. The van der Waals surface area contributed by atoms with Crippen LogP contribution in [0, 0.1) is 11.7 Å². The number of alkyl halides is 2. The molecule has 4 saturated heterocycles. The SMILES string of the molecule is CC(F)(F)C1CN2CCCC2(COc2nc(N3CC4CCC(C3)N4)c3cnc(-c4cccc5cccc(Cl)c45)c(F)c3n2)C1. The maximum Gasteiger partial charge on any atom is 0.319 e. The molecule has 2 bridgehead atoms. The van der Waals surface area contributed by atoms with E-state index in [-0.39, 0.29) is 23.8 Å². The number of halogens is 4. The quantitative estimate of drug-likeness (QED) is 0.265. The molecule has 2 aromatic carbocycles. The second kappa shape index (κ2) is 10.4. The maximum atomic E-state index is 16.7. The van der Waals surface area contributed by atoms with Crippen LogP contribution in [0.5, 0.6) is 6.01 Å². The lowest BCUT2D eigenvalue weighted by Crippen LogP contribution is -2.51. The molecule has 11 heteroatoms. The molecule has 4 aliphatic heterocycles. The van der Waals surface area contributed by atoms with E-state index < -0.39 is 23.2 Å². The van der Waals surface area contributed by atoms with Crippen LogP contribution >= 0.6 is 11.6 Å². The third-order valence-corrected chi connectivity index (χ3v) is 10.6. The Balaban J connectivity index is 1.22. The molecule has 0 radical (unpaired) electrons. The molecule has 4 atom stereocenters. The summed E-state index contributed by atoms with van der Waals surface area (Å²) in [7, 11) is 0. The molecule has 44 heavy (non-hydrogen) atoms. The average molecular weight is 623 g/mol. The largest absolute Gasteiger partial charge is 0.461 e. The fourth-order valence-electron chi connectivity index (χ4n) is 8.04. The fraction of sp³-hybridized carbons (Fsp3) is 0.485. The zero-order valence-corrected chi connectivity index (χ0v) is 25.3. The summed E-state index contributed by atoms with van der Waals surface area (Å²) in [6.45, 7) is 3.75. The van der Waals surface area contributed by atoms with E-state index in [9.17, 15) is 8.78 Å². The van der Waals surface area contributed by atoms with Gasteiger partial charge in [0.25, 0.3) is 0 Å². The number of fused-ring (bicyclic) bond motifs is 5. The first-order chi connectivity index (χ1) is 21.2. The molecular weight excluding hydrogens is 589 g/mol. The van der Waals surface area contributed by atoms with Crippen molar-refractivity contribution in [1.82, 2.24) is 25.2 Å². The zero-order valence-electron chi connectivity index (χ0n) is 24.5. The van der Waals surface area contributed by atoms with Crippen molar-refractivity contribution in [2.24, 2.45) is 5.92 Å². The van der Waals surface area contributed by atoms with Crippen molar-refractivity contribution < 1.29 is 17.9 Å². The van der Waals surface area contributed by atoms with Gasteiger partial charge in [0, 0.05) is 59.8 Å². The van der Waals surface area contributed by atoms with E-state index in [0.717, 1.165) is 63.0 Å². The van der Waals surface area contributed by atoms with E-state index >= 15 is 4.39 Å². The Morgan fingerprint density at radius 3 is 2.64 bits per heavy atom. The van der Waals surface area contributed by atoms with E-state index in [1.165, 1.54) is 0 Å². The Hall–Kier alpha value is -3.21. The highest BCUT2D eigenvalue weighted by Crippen LogP contribution is 2.47. The summed E-state index contributed by atoms with van der Waals surface area (Å²) in [6, 6.07) is 11.9. The van der Waals surface area contributed by atoms with Gasteiger partial charge in [0.05, 0.1) is 10.9 Å². The summed E-state index contributed by atoms with van der Waals surface area (Å²) >= 11 is 6.59. The number of rotatable bonds is 6. The molecule has 7 nitrogen and oxygen atoms in total. The average Bonchev–Trinajstić information content (AvgIpc) is 3.67. The minimum Gasteiger partial charge on any atom is -0.461 e. The van der Waals surface area contributed by atoms with Gasteiger partial charge >= 0.3 is 6.01 Å². The highest BCUT2D eigenvalue weighted by molar-refractivity contribution is 6.36. The van der Waals surface area contributed by atoms with Crippen LogP contribution in [0.1, 0.15) is 39.0 Å². The van der Waals surface area contributed by atoms with Crippen molar-refractivity contribution in [3.8, 4) is 17.3 Å². The first-order valence-electron chi connectivity index (χ1n) is 15.5. The number of anilines is 1. The molecular formula is C33H34ClF3N6O. The molecule has 0 saturated carbocycles. The standard InChI is InChI=1S/C33H34ClF3N6O/c1-32(36,37)20-13-33(11-4-12-43(33)15-20)18-44-31-40-29-24(30(41-31)42-16-21-9-10-22(17-42)39-21)14-38-28(27(29)35)23-7-2-5-19-6-3-8-25(34)26(19)23/h2-3,5-8,14,20-22,39H,4,9-13,15-18H2,1H3. The molecule has 0 spiro atoms. The number of ether oxygens (including phenoxy) is 1. The van der Waals surface area contributed by atoms with Crippen LogP contribution in [0.25, 0.3) is 32.9 Å². The van der Waals surface area contributed by atoms with E-state index in [1.807, 2.05) is 30.3 Å². The van der Waals surface area contributed by atoms with Crippen molar-refractivity contribution in [3.63, 3.8) is 0 Å². The van der Waals surface area contributed by atoms with Crippen molar-refractivity contribution >= 4 is 39.1 Å². The number of nitrogens with zero attached hydrogens (tertiary/aromatic N) is 5. The third-order valence-electron chi connectivity index (χ3n) is 10.3. The smallest absolute Gasteiger partial charge is 0.319 e. The van der Waals surface area contributed by atoms with E-state index in [0.29, 0.717) is 46.8 Å². The first-order valence-corrected chi connectivity index (χ1v) is 15.9. The normalized spacial score (nSPS) is 27.0. The lowest BCUT2D eigenvalue weighted by Gasteiger charge is -2.34. The molecule has 4 unspecified atom stereocenters. The van der Waals surface area contributed by atoms with Crippen molar-refractivity contribution in [1.29, 1.82) is 0 Å². The van der Waals surface area contributed by atoms with Crippen molar-refractivity contribution in [2.45, 2.75) is 62.6 Å². The van der Waals surface area contributed by atoms with E-state index in [2.05, 4.69) is 25.1 Å². The van der Waals surface area contributed by atoms with Crippen LogP contribution in [0.15, 0.2) is 42.6 Å². The number of hydrogen-bond acceptors (Lipinski definition) is 7. The summed E-state index contributed by atoms with van der Waals surface area (Å²) < 4.78 is 51.7. The number of pyridine rings is 1. The van der Waals surface area contributed by atoms with E-state index in [1.54, 1.807) is 12.3 Å². The second-order valence-electron chi connectivity index (χ2n) is 13.1. The summed E-state index contributed by atoms with van der Waals surface area (Å²) in [6.07, 6.45) is 5.85. The number of hydrogen-bond donors (Lipinski definition) is 1. The zero-order chi connectivity index (χ0) is 30.2. The predicted molar refractivity (Wildman–Crippen MR) is 165 cm³/mol. The van der Waals surface area contributed by atoms with Crippen molar-refractivity contribution in [3.05, 3.63) is 53.4 Å². The van der Waals surface area contributed by atoms with Crippen LogP contribution in [-0.4, -0.2) is 76.2 Å². The monoisotopic (exact) mass is 622 g/mol. The van der Waals surface area contributed by atoms with Gasteiger partial charge < -0.3 is 15.0 Å². The third kappa shape index (κ3) is 4.68. The maximum absolute atomic E-state index is 16.7.